The van der Waals surface area contributed by atoms with Crippen molar-refractivity contribution in [2.45, 2.75) is 25.9 Å². The van der Waals surface area contributed by atoms with Crippen LogP contribution in [0.2, 0.25) is 0 Å². The zero-order chi connectivity index (χ0) is 21.1. The van der Waals surface area contributed by atoms with E-state index in [4.69, 9.17) is 0 Å². The molecule has 0 atom stereocenters. The molecule has 0 unspecified atom stereocenters. The van der Waals surface area contributed by atoms with Crippen molar-refractivity contribution in [1.82, 2.24) is 19.5 Å². The molecule has 0 aliphatic heterocycles. The second-order valence-electron chi connectivity index (χ2n) is 7.26. The zero-order valence-electron chi connectivity index (χ0n) is 17.2. The van der Waals surface area contributed by atoms with Crippen molar-refractivity contribution >= 4 is 23.4 Å². The van der Waals surface area contributed by atoms with Crippen LogP contribution in [0.4, 0.5) is 5.69 Å². The number of carbonyl (C=O) groups excluding carboxylic acids is 1. The van der Waals surface area contributed by atoms with Crippen LogP contribution in [0.5, 0.6) is 0 Å². The molecule has 4 rings (SSSR count). The smallest absolute Gasteiger partial charge is 0.234 e. The van der Waals surface area contributed by atoms with Gasteiger partial charge >= 0.3 is 0 Å². The van der Waals surface area contributed by atoms with Crippen LogP contribution in [0.25, 0.3) is 11.4 Å². The van der Waals surface area contributed by atoms with E-state index in [0.717, 1.165) is 33.8 Å². The maximum atomic E-state index is 12.5. The molecule has 0 saturated carbocycles. The molecule has 7 heteroatoms. The van der Waals surface area contributed by atoms with Crippen molar-refractivity contribution in [2.24, 2.45) is 0 Å². The van der Waals surface area contributed by atoms with E-state index in [0.29, 0.717) is 5.16 Å². The number of nitrogens with zero attached hydrogens (tertiary/aromatic N) is 4. The molecule has 1 N–H and O–H groups in total. The first kappa shape index (κ1) is 20.0. The van der Waals surface area contributed by atoms with Crippen LogP contribution in [0, 0.1) is 20.8 Å². The molecule has 4 aromatic rings. The van der Waals surface area contributed by atoms with Gasteiger partial charge in [-0.15, -0.1) is 10.2 Å². The van der Waals surface area contributed by atoms with Crippen LogP contribution in [-0.4, -0.2) is 31.2 Å². The number of nitrogens with one attached hydrogen (secondary N) is 1. The van der Waals surface area contributed by atoms with E-state index in [2.05, 4.69) is 27.6 Å². The SMILES string of the molecule is Cc1cc(C)cc(NC(=O)CSc2nnc(-c3cccc(C)c3)n2-n2cccc2)c1. The number of hydrogen-bond donors (Lipinski definition) is 1. The summed E-state index contributed by atoms with van der Waals surface area (Å²) in [6.45, 7) is 6.08. The Labute approximate surface area is 179 Å². The van der Waals surface area contributed by atoms with Crippen LogP contribution in [-0.2, 0) is 4.79 Å². The van der Waals surface area contributed by atoms with E-state index in [1.807, 2.05) is 85.0 Å². The molecule has 0 bridgehead atoms. The van der Waals surface area contributed by atoms with E-state index in [-0.39, 0.29) is 11.7 Å². The first-order chi connectivity index (χ1) is 14.5. The minimum Gasteiger partial charge on any atom is -0.325 e. The Bertz CT molecular complexity index is 1160. The Hall–Kier alpha value is -3.32. The van der Waals surface area contributed by atoms with Crippen molar-refractivity contribution < 1.29 is 4.79 Å². The van der Waals surface area contributed by atoms with Gasteiger partial charge in [0.2, 0.25) is 11.1 Å². The summed E-state index contributed by atoms with van der Waals surface area (Å²) in [6.07, 6.45) is 3.87. The van der Waals surface area contributed by atoms with Gasteiger partial charge in [0.05, 0.1) is 5.75 Å². The average molecular weight is 418 g/mol. The highest BCUT2D eigenvalue weighted by molar-refractivity contribution is 7.99. The summed E-state index contributed by atoms with van der Waals surface area (Å²) in [5, 5.41) is 12.4. The fourth-order valence-corrected chi connectivity index (χ4v) is 4.09. The van der Waals surface area contributed by atoms with Gasteiger partial charge in [0.15, 0.2) is 5.82 Å². The number of amides is 1. The summed E-state index contributed by atoms with van der Waals surface area (Å²) in [5.41, 5.74) is 5.17. The number of aryl methyl sites for hydroxylation is 3. The van der Waals surface area contributed by atoms with Crippen LogP contribution in [0.15, 0.2) is 72.1 Å². The number of aromatic nitrogens is 4. The van der Waals surface area contributed by atoms with Gasteiger partial charge < -0.3 is 5.32 Å². The number of hydrogen-bond acceptors (Lipinski definition) is 4. The number of rotatable bonds is 6. The molecule has 1 amide bonds. The number of benzene rings is 2. The fourth-order valence-electron chi connectivity index (χ4n) is 3.36. The Morgan fingerprint density at radius 3 is 2.37 bits per heavy atom. The monoisotopic (exact) mass is 417 g/mol. The maximum absolute atomic E-state index is 12.5. The number of thioether (sulfide) groups is 1. The normalized spacial score (nSPS) is 10.9. The van der Waals surface area contributed by atoms with Crippen LogP contribution in [0.1, 0.15) is 16.7 Å². The summed E-state index contributed by atoms with van der Waals surface area (Å²) < 4.78 is 3.84. The van der Waals surface area contributed by atoms with Gasteiger partial charge in [-0.1, -0.05) is 41.6 Å². The van der Waals surface area contributed by atoms with E-state index in [1.165, 1.54) is 11.8 Å². The topological polar surface area (TPSA) is 64.7 Å². The standard InChI is InChI=1S/C23H23N5OS/c1-16-7-6-8-19(12-16)22-25-26-23(28(22)27-9-4-5-10-27)30-15-21(29)24-20-13-17(2)11-18(3)14-20/h4-14H,15H2,1-3H3,(H,24,29). The molecule has 152 valence electrons. The summed E-state index contributed by atoms with van der Waals surface area (Å²) in [5.74, 6) is 0.886. The fraction of sp³-hybridized carbons (Fsp3) is 0.174. The second kappa shape index (κ2) is 8.59. The zero-order valence-corrected chi connectivity index (χ0v) is 18.0. The molecule has 2 aromatic carbocycles. The third kappa shape index (κ3) is 4.46. The van der Waals surface area contributed by atoms with Gasteiger partial charge in [-0.05, 0) is 62.2 Å². The molecule has 0 spiro atoms. The van der Waals surface area contributed by atoms with Crippen LogP contribution >= 0.6 is 11.8 Å². The molecule has 0 saturated heterocycles. The predicted octanol–water partition coefficient (Wildman–Crippen LogP) is 4.71. The third-order valence-corrected chi connectivity index (χ3v) is 5.47. The molecular formula is C23H23N5OS. The highest BCUT2D eigenvalue weighted by atomic mass is 32.2. The lowest BCUT2D eigenvalue weighted by molar-refractivity contribution is -0.113. The Morgan fingerprint density at radius 2 is 1.67 bits per heavy atom. The van der Waals surface area contributed by atoms with Gasteiger partial charge in [-0.2, -0.15) is 0 Å². The molecule has 0 aliphatic rings. The summed E-state index contributed by atoms with van der Waals surface area (Å²) in [4.78, 5) is 12.5. The molecule has 6 nitrogen and oxygen atoms in total. The third-order valence-electron chi connectivity index (χ3n) is 4.55. The van der Waals surface area contributed by atoms with E-state index >= 15 is 0 Å². The number of carbonyl (C=O) groups is 1. The highest BCUT2D eigenvalue weighted by Crippen LogP contribution is 2.25. The molecule has 0 fully saturated rings. The molecule has 2 heterocycles. The lowest BCUT2D eigenvalue weighted by Crippen LogP contribution is -2.16. The second-order valence-corrected chi connectivity index (χ2v) is 8.21. The van der Waals surface area contributed by atoms with Crippen molar-refractivity contribution in [3.8, 4) is 11.4 Å². The van der Waals surface area contributed by atoms with E-state index < -0.39 is 0 Å². The number of anilines is 1. The lowest BCUT2D eigenvalue weighted by Gasteiger charge is -2.12. The quantitative estimate of drug-likeness (QED) is 0.461. The summed E-state index contributed by atoms with van der Waals surface area (Å²) in [6, 6.07) is 18.0. The minimum atomic E-state index is -0.0795. The van der Waals surface area contributed by atoms with Gasteiger partial charge in [0.1, 0.15) is 0 Å². The molecule has 2 aromatic heterocycles. The first-order valence-electron chi connectivity index (χ1n) is 9.66. The van der Waals surface area contributed by atoms with Gasteiger partial charge in [-0.25, -0.2) is 4.68 Å². The Morgan fingerprint density at radius 1 is 0.933 bits per heavy atom. The lowest BCUT2D eigenvalue weighted by atomic mass is 10.1. The summed E-state index contributed by atoms with van der Waals surface area (Å²) >= 11 is 1.36. The van der Waals surface area contributed by atoms with Crippen molar-refractivity contribution in [2.75, 3.05) is 11.1 Å². The van der Waals surface area contributed by atoms with Gasteiger partial charge in [-0.3, -0.25) is 9.47 Å². The van der Waals surface area contributed by atoms with Crippen molar-refractivity contribution in [1.29, 1.82) is 0 Å². The largest absolute Gasteiger partial charge is 0.325 e. The molecule has 0 radical (unpaired) electrons. The van der Waals surface area contributed by atoms with E-state index in [9.17, 15) is 4.79 Å². The Balaban J connectivity index is 1.56. The maximum Gasteiger partial charge on any atom is 0.234 e. The summed E-state index contributed by atoms with van der Waals surface area (Å²) in [7, 11) is 0. The molecule has 0 aliphatic carbocycles. The predicted molar refractivity (Wildman–Crippen MR) is 121 cm³/mol. The molecular weight excluding hydrogens is 394 g/mol. The van der Waals surface area contributed by atoms with E-state index in [1.54, 1.807) is 0 Å². The minimum absolute atomic E-state index is 0.0795. The Kier molecular flexibility index (Phi) is 5.72. The van der Waals surface area contributed by atoms with Gasteiger partial charge in [0, 0.05) is 23.6 Å². The molecule has 30 heavy (non-hydrogen) atoms. The van der Waals surface area contributed by atoms with Crippen LogP contribution < -0.4 is 5.32 Å². The average Bonchev–Trinajstić information content (AvgIpc) is 3.35. The highest BCUT2D eigenvalue weighted by Gasteiger charge is 2.17. The van der Waals surface area contributed by atoms with Gasteiger partial charge in [0.25, 0.3) is 0 Å². The van der Waals surface area contributed by atoms with Crippen LogP contribution in [0.3, 0.4) is 0 Å². The first-order valence-corrected chi connectivity index (χ1v) is 10.7. The van der Waals surface area contributed by atoms with Crippen molar-refractivity contribution in [3.05, 3.63) is 83.7 Å². The van der Waals surface area contributed by atoms with Crippen molar-refractivity contribution in [3.63, 3.8) is 0 Å².